The fourth-order valence-electron chi connectivity index (χ4n) is 4.96. The van der Waals surface area contributed by atoms with Crippen LogP contribution in [0.25, 0.3) is 11.0 Å². The predicted octanol–water partition coefficient (Wildman–Crippen LogP) is 8.66. The van der Waals surface area contributed by atoms with Crippen LogP contribution in [0.2, 0.25) is 10.0 Å². The Bertz CT molecular complexity index is 1450. The largest absolute Gasteiger partial charge is 0.325 e. The van der Waals surface area contributed by atoms with Gasteiger partial charge in [0.1, 0.15) is 10.8 Å². The average Bonchev–Trinajstić information content (AvgIpc) is 3.43. The van der Waals surface area contributed by atoms with Gasteiger partial charge in [-0.05, 0) is 79.3 Å². The highest BCUT2D eigenvalue weighted by Gasteiger charge is 2.31. The van der Waals surface area contributed by atoms with Crippen LogP contribution in [0, 0.1) is 0 Å². The molecule has 1 aliphatic rings. The molecule has 3 nitrogen and oxygen atoms in total. The molecule has 3 aromatic carbocycles. The smallest absolute Gasteiger partial charge is 0.113 e. The fourth-order valence-corrected chi connectivity index (χ4v) is 6.01. The zero-order valence-corrected chi connectivity index (χ0v) is 21.7. The number of thiazole rings is 1. The minimum atomic E-state index is 0.0518. The second kappa shape index (κ2) is 9.42. The molecule has 176 valence electrons. The Morgan fingerprint density at radius 1 is 0.943 bits per heavy atom. The van der Waals surface area contributed by atoms with Gasteiger partial charge >= 0.3 is 0 Å². The van der Waals surface area contributed by atoms with Crippen molar-refractivity contribution in [1.82, 2.24) is 14.5 Å². The van der Waals surface area contributed by atoms with Gasteiger partial charge in [-0.3, -0.25) is 0 Å². The monoisotopic (exact) mass is 517 g/mol. The Labute approximate surface area is 219 Å². The number of hydrogen-bond donors (Lipinski definition) is 0. The molecule has 1 saturated carbocycles. The van der Waals surface area contributed by atoms with Crippen molar-refractivity contribution in [3.05, 3.63) is 116 Å². The number of hydrogen-bond acceptors (Lipinski definition) is 3. The number of rotatable bonds is 7. The van der Waals surface area contributed by atoms with E-state index < -0.39 is 0 Å². The van der Waals surface area contributed by atoms with Crippen molar-refractivity contribution in [2.45, 2.75) is 44.1 Å². The minimum Gasteiger partial charge on any atom is -0.325 e. The Kier molecular flexibility index (Phi) is 6.13. The quantitative estimate of drug-likeness (QED) is 0.216. The third-order valence-corrected chi connectivity index (χ3v) is 8.15. The molecule has 5 aromatic rings. The molecule has 6 rings (SSSR count). The van der Waals surface area contributed by atoms with Gasteiger partial charge in [-0.1, -0.05) is 53.5 Å². The fraction of sp³-hybridized carbons (Fsp3) is 0.241. The molecule has 2 heterocycles. The van der Waals surface area contributed by atoms with E-state index in [4.69, 9.17) is 28.2 Å². The zero-order chi connectivity index (χ0) is 23.9. The van der Waals surface area contributed by atoms with E-state index in [0.29, 0.717) is 5.92 Å². The summed E-state index contributed by atoms with van der Waals surface area (Å²) in [6.07, 6.45) is 5.25. The van der Waals surface area contributed by atoms with E-state index in [2.05, 4.69) is 58.9 Å². The van der Waals surface area contributed by atoms with Gasteiger partial charge in [0.05, 0.1) is 17.0 Å². The van der Waals surface area contributed by atoms with Crippen LogP contribution >= 0.6 is 34.5 Å². The number of halogens is 2. The van der Waals surface area contributed by atoms with Gasteiger partial charge in [-0.2, -0.15) is 0 Å². The molecule has 0 radical (unpaired) electrons. The highest BCUT2D eigenvalue weighted by atomic mass is 35.5. The summed E-state index contributed by atoms with van der Waals surface area (Å²) >= 11 is 14.0. The van der Waals surface area contributed by atoms with Crippen LogP contribution in [-0.2, 0) is 6.42 Å². The van der Waals surface area contributed by atoms with Crippen molar-refractivity contribution in [3.63, 3.8) is 0 Å². The molecule has 2 atom stereocenters. The van der Waals surface area contributed by atoms with Gasteiger partial charge < -0.3 is 4.57 Å². The molecule has 0 N–H and O–H groups in total. The topological polar surface area (TPSA) is 30.7 Å². The molecular formula is C29H25Cl2N3S. The van der Waals surface area contributed by atoms with Crippen LogP contribution in [0.5, 0.6) is 0 Å². The summed E-state index contributed by atoms with van der Waals surface area (Å²) in [7, 11) is 0. The van der Waals surface area contributed by atoms with Crippen LogP contribution in [-0.4, -0.2) is 14.5 Å². The summed E-state index contributed by atoms with van der Waals surface area (Å²) < 4.78 is 2.48. The number of fused-ring (bicyclic) bond motifs is 1. The van der Waals surface area contributed by atoms with Crippen LogP contribution in [0.1, 0.15) is 65.2 Å². The number of aromatic nitrogens is 3. The van der Waals surface area contributed by atoms with Gasteiger partial charge in [0.15, 0.2) is 0 Å². The SMILES string of the molecule is CC(Cc1ccc(Cl)cc1)n1c(C2CC2)nc2ccc(C(c3ccc(Cl)cc3)c3nccs3)cc21. The van der Waals surface area contributed by atoms with Gasteiger partial charge in [0, 0.05) is 33.6 Å². The van der Waals surface area contributed by atoms with Gasteiger partial charge in [0.25, 0.3) is 0 Å². The number of nitrogens with zero attached hydrogens (tertiary/aromatic N) is 3. The van der Waals surface area contributed by atoms with E-state index in [1.54, 1.807) is 11.3 Å². The van der Waals surface area contributed by atoms with E-state index in [0.717, 1.165) is 27.0 Å². The predicted molar refractivity (Wildman–Crippen MR) is 146 cm³/mol. The van der Waals surface area contributed by atoms with Gasteiger partial charge in [-0.15, -0.1) is 11.3 Å². The second-order valence-electron chi connectivity index (χ2n) is 9.40. The average molecular weight is 519 g/mol. The van der Waals surface area contributed by atoms with E-state index in [1.807, 2.05) is 35.8 Å². The normalized spacial score (nSPS) is 15.4. The first-order chi connectivity index (χ1) is 17.1. The van der Waals surface area contributed by atoms with E-state index in [9.17, 15) is 0 Å². The van der Waals surface area contributed by atoms with Crippen LogP contribution in [0.3, 0.4) is 0 Å². The van der Waals surface area contributed by atoms with Crippen LogP contribution < -0.4 is 0 Å². The molecule has 35 heavy (non-hydrogen) atoms. The van der Waals surface area contributed by atoms with Crippen molar-refractivity contribution in [1.29, 1.82) is 0 Å². The highest BCUT2D eigenvalue weighted by Crippen LogP contribution is 2.43. The molecule has 0 bridgehead atoms. The maximum atomic E-state index is 6.20. The summed E-state index contributed by atoms with van der Waals surface area (Å²) in [5.41, 5.74) is 5.95. The molecule has 2 aromatic heterocycles. The first-order valence-electron chi connectivity index (χ1n) is 12.0. The van der Waals surface area contributed by atoms with Crippen molar-refractivity contribution in [3.8, 4) is 0 Å². The van der Waals surface area contributed by atoms with Crippen molar-refractivity contribution >= 4 is 45.6 Å². The Balaban J connectivity index is 1.46. The summed E-state index contributed by atoms with van der Waals surface area (Å²) in [6, 6.07) is 23.3. The molecule has 0 amide bonds. The van der Waals surface area contributed by atoms with Gasteiger partial charge in [-0.25, -0.2) is 9.97 Å². The molecule has 1 fully saturated rings. The highest BCUT2D eigenvalue weighted by molar-refractivity contribution is 7.09. The summed E-state index contributed by atoms with van der Waals surface area (Å²) in [4.78, 5) is 9.80. The Morgan fingerprint density at radius 3 is 2.29 bits per heavy atom. The summed E-state index contributed by atoms with van der Waals surface area (Å²) in [6.45, 7) is 2.30. The molecule has 2 unspecified atom stereocenters. The first kappa shape index (κ1) is 22.8. The zero-order valence-electron chi connectivity index (χ0n) is 19.4. The third-order valence-electron chi connectivity index (χ3n) is 6.80. The van der Waals surface area contributed by atoms with Gasteiger partial charge in [0.2, 0.25) is 0 Å². The lowest BCUT2D eigenvalue weighted by Crippen LogP contribution is -2.12. The number of benzene rings is 3. The molecule has 0 aliphatic heterocycles. The maximum Gasteiger partial charge on any atom is 0.113 e. The minimum absolute atomic E-state index is 0.0518. The Morgan fingerprint density at radius 2 is 1.63 bits per heavy atom. The van der Waals surface area contributed by atoms with Crippen molar-refractivity contribution in [2.24, 2.45) is 0 Å². The number of imidazole rings is 1. The van der Waals surface area contributed by atoms with E-state index in [1.165, 1.54) is 40.9 Å². The lowest BCUT2D eigenvalue weighted by molar-refractivity contribution is 0.535. The van der Waals surface area contributed by atoms with Crippen LogP contribution in [0.4, 0.5) is 0 Å². The lowest BCUT2D eigenvalue weighted by atomic mass is 9.91. The molecular weight excluding hydrogens is 493 g/mol. The second-order valence-corrected chi connectivity index (χ2v) is 11.2. The van der Waals surface area contributed by atoms with Crippen molar-refractivity contribution in [2.75, 3.05) is 0 Å². The molecule has 1 aliphatic carbocycles. The van der Waals surface area contributed by atoms with Crippen molar-refractivity contribution < 1.29 is 0 Å². The van der Waals surface area contributed by atoms with E-state index >= 15 is 0 Å². The first-order valence-corrected chi connectivity index (χ1v) is 13.6. The summed E-state index contributed by atoms with van der Waals surface area (Å²) in [5.74, 6) is 1.83. The van der Waals surface area contributed by atoms with E-state index in [-0.39, 0.29) is 12.0 Å². The molecule has 0 spiro atoms. The lowest BCUT2D eigenvalue weighted by Gasteiger charge is -2.20. The molecule has 0 saturated heterocycles. The molecule has 6 heteroatoms. The Hall–Kier alpha value is -2.66. The summed E-state index contributed by atoms with van der Waals surface area (Å²) in [5, 5.41) is 4.63. The third kappa shape index (κ3) is 4.63. The van der Waals surface area contributed by atoms with Crippen LogP contribution in [0.15, 0.2) is 78.3 Å². The standard InChI is InChI=1S/C29H25Cl2N3S/c1-18(16-19-2-9-23(30)10-3-19)34-26-17-22(8-13-25(26)33-28(34)21-4-5-21)27(29-32-14-15-35-29)20-6-11-24(31)12-7-20/h2-3,6-15,17-18,21,27H,4-5,16H2,1H3. The maximum absolute atomic E-state index is 6.20.